The number of pyridine rings is 1. The molecule has 1 nitrogen and oxygen atoms in total. The molecule has 0 fully saturated rings. The molecule has 0 aliphatic heterocycles. The fourth-order valence-corrected chi connectivity index (χ4v) is 8.72. The van der Waals surface area contributed by atoms with Crippen LogP contribution < -0.4 is 0 Å². The summed E-state index contributed by atoms with van der Waals surface area (Å²) < 4.78 is 2.73. The predicted molar refractivity (Wildman–Crippen MR) is 196 cm³/mol. The molecule has 8 aromatic rings. The van der Waals surface area contributed by atoms with Crippen LogP contribution in [0.15, 0.2) is 152 Å². The Morgan fingerprint density at radius 3 is 1.67 bits per heavy atom. The van der Waals surface area contributed by atoms with Crippen molar-refractivity contribution in [3.05, 3.63) is 163 Å². The zero-order valence-electron chi connectivity index (χ0n) is 25.8. The van der Waals surface area contributed by atoms with E-state index in [9.17, 15) is 0 Å². The highest BCUT2D eigenvalue weighted by Crippen LogP contribution is 2.55. The second kappa shape index (κ2) is 10.4. The van der Waals surface area contributed by atoms with Crippen LogP contribution in [0.2, 0.25) is 0 Å². The van der Waals surface area contributed by atoms with Crippen LogP contribution in [0.1, 0.15) is 25.0 Å². The molecule has 0 N–H and O–H groups in total. The van der Waals surface area contributed by atoms with Gasteiger partial charge in [-0.1, -0.05) is 147 Å². The minimum Gasteiger partial charge on any atom is -0.248 e. The van der Waals surface area contributed by atoms with Gasteiger partial charge in [0.25, 0.3) is 0 Å². The van der Waals surface area contributed by atoms with Crippen molar-refractivity contribution >= 4 is 31.5 Å². The molecule has 2 heterocycles. The standard InChI is InChI=1S/C44H31NS/c1-44(2)37-23-21-31(32-26-39(29-15-8-4-9-16-29)45-40(27-32)30-17-10-5-11-18-30)25-36(37)41-38(44)24-22-35-34-20-12-19-33(42(34)46-43(35)41)28-13-6-3-7-14-28/h3-27H,1-2H3. The van der Waals surface area contributed by atoms with E-state index in [1.165, 1.54) is 64.7 Å². The van der Waals surface area contributed by atoms with Crippen molar-refractivity contribution in [3.63, 3.8) is 0 Å². The quantitative estimate of drug-likeness (QED) is 0.194. The van der Waals surface area contributed by atoms with Crippen LogP contribution in [0.3, 0.4) is 0 Å². The predicted octanol–water partition coefficient (Wildman–Crippen LogP) is 12.4. The molecule has 0 radical (unpaired) electrons. The summed E-state index contributed by atoms with van der Waals surface area (Å²) in [5, 5.41) is 2.67. The van der Waals surface area contributed by atoms with E-state index in [1.807, 2.05) is 11.3 Å². The summed E-state index contributed by atoms with van der Waals surface area (Å²) in [4.78, 5) is 5.13. The number of rotatable bonds is 4. The molecule has 218 valence electrons. The van der Waals surface area contributed by atoms with Gasteiger partial charge in [0.2, 0.25) is 0 Å². The highest BCUT2D eigenvalue weighted by Gasteiger charge is 2.37. The van der Waals surface area contributed by atoms with Crippen LogP contribution in [0.5, 0.6) is 0 Å². The van der Waals surface area contributed by atoms with Crippen molar-refractivity contribution in [3.8, 4) is 55.9 Å². The highest BCUT2D eigenvalue weighted by molar-refractivity contribution is 7.27. The van der Waals surface area contributed by atoms with Crippen molar-refractivity contribution < 1.29 is 0 Å². The first-order valence-electron chi connectivity index (χ1n) is 15.9. The van der Waals surface area contributed by atoms with Gasteiger partial charge in [-0.05, 0) is 57.1 Å². The van der Waals surface area contributed by atoms with E-state index in [0.717, 1.165) is 22.5 Å². The number of aromatic nitrogens is 1. The SMILES string of the molecule is CC1(C)c2ccc(-c3cc(-c4ccccc4)nc(-c4ccccc4)c3)cc2-c2c1ccc1c2sc2c(-c3ccccc3)cccc21. The molecule has 1 aliphatic carbocycles. The molecule has 2 aromatic heterocycles. The number of hydrogen-bond donors (Lipinski definition) is 0. The van der Waals surface area contributed by atoms with Crippen LogP contribution in [0.4, 0.5) is 0 Å². The lowest BCUT2D eigenvalue weighted by Gasteiger charge is -2.21. The lowest BCUT2D eigenvalue weighted by atomic mass is 9.82. The molecule has 0 atom stereocenters. The minimum atomic E-state index is -0.0849. The normalized spacial score (nSPS) is 13.2. The van der Waals surface area contributed by atoms with Crippen molar-refractivity contribution in [1.82, 2.24) is 4.98 Å². The summed E-state index contributed by atoms with van der Waals surface area (Å²) in [6, 6.07) is 54.9. The fourth-order valence-electron chi connectivity index (χ4n) is 7.33. The first-order valence-corrected chi connectivity index (χ1v) is 16.7. The summed E-state index contributed by atoms with van der Waals surface area (Å²) in [5.74, 6) is 0. The second-order valence-electron chi connectivity index (χ2n) is 12.8. The Labute approximate surface area is 273 Å². The first-order chi connectivity index (χ1) is 22.6. The molecule has 0 saturated carbocycles. The van der Waals surface area contributed by atoms with Crippen molar-refractivity contribution in [2.24, 2.45) is 0 Å². The Morgan fingerprint density at radius 1 is 0.435 bits per heavy atom. The Morgan fingerprint density at radius 2 is 1.02 bits per heavy atom. The zero-order chi connectivity index (χ0) is 30.8. The fraction of sp³-hybridized carbons (Fsp3) is 0.0682. The van der Waals surface area contributed by atoms with Gasteiger partial charge in [0.05, 0.1) is 11.4 Å². The molecule has 2 heteroatoms. The summed E-state index contributed by atoms with van der Waals surface area (Å²) >= 11 is 1.94. The van der Waals surface area contributed by atoms with Gasteiger partial charge >= 0.3 is 0 Å². The van der Waals surface area contributed by atoms with Gasteiger partial charge in [0.1, 0.15) is 0 Å². The Balaban J connectivity index is 1.27. The molecule has 0 bridgehead atoms. The van der Waals surface area contributed by atoms with E-state index in [0.29, 0.717) is 0 Å². The van der Waals surface area contributed by atoms with E-state index >= 15 is 0 Å². The third-order valence-corrected chi connectivity index (χ3v) is 11.0. The third-order valence-electron chi connectivity index (χ3n) is 9.69. The molecule has 0 amide bonds. The maximum atomic E-state index is 5.13. The summed E-state index contributed by atoms with van der Waals surface area (Å²) in [6.07, 6.45) is 0. The summed E-state index contributed by atoms with van der Waals surface area (Å²) in [5.41, 5.74) is 14.6. The van der Waals surface area contributed by atoms with E-state index in [-0.39, 0.29) is 5.41 Å². The monoisotopic (exact) mass is 605 g/mol. The number of thiophene rings is 1. The summed E-state index contributed by atoms with van der Waals surface area (Å²) in [6.45, 7) is 4.75. The van der Waals surface area contributed by atoms with Gasteiger partial charge in [0.15, 0.2) is 0 Å². The smallest absolute Gasteiger partial charge is 0.0715 e. The zero-order valence-corrected chi connectivity index (χ0v) is 26.6. The lowest BCUT2D eigenvalue weighted by Crippen LogP contribution is -2.14. The van der Waals surface area contributed by atoms with E-state index < -0.39 is 0 Å². The van der Waals surface area contributed by atoms with Crippen LogP contribution in [0, 0.1) is 0 Å². The molecule has 0 unspecified atom stereocenters. The Kier molecular flexibility index (Phi) is 6.10. The number of fused-ring (bicyclic) bond motifs is 7. The number of hydrogen-bond acceptors (Lipinski definition) is 2. The Hall–Kier alpha value is -5.31. The average molecular weight is 606 g/mol. The van der Waals surface area contributed by atoms with Crippen molar-refractivity contribution in [2.45, 2.75) is 19.3 Å². The van der Waals surface area contributed by atoms with Crippen LogP contribution in [0.25, 0.3) is 76.1 Å². The first kappa shape index (κ1) is 27.0. The molecular weight excluding hydrogens is 575 g/mol. The van der Waals surface area contributed by atoms with Crippen LogP contribution in [-0.4, -0.2) is 4.98 Å². The molecular formula is C44H31NS. The number of nitrogens with zero attached hydrogens (tertiary/aromatic N) is 1. The lowest BCUT2D eigenvalue weighted by molar-refractivity contribution is 0.661. The molecule has 6 aromatic carbocycles. The maximum Gasteiger partial charge on any atom is 0.0715 e. The average Bonchev–Trinajstić information content (AvgIpc) is 3.61. The topological polar surface area (TPSA) is 12.9 Å². The van der Waals surface area contributed by atoms with Gasteiger partial charge in [-0.2, -0.15) is 0 Å². The molecule has 0 spiro atoms. The minimum absolute atomic E-state index is 0.0849. The van der Waals surface area contributed by atoms with Gasteiger partial charge in [-0.25, -0.2) is 4.98 Å². The Bertz CT molecular complexity index is 2360. The van der Waals surface area contributed by atoms with Gasteiger partial charge in [-0.15, -0.1) is 11.3 Å². The van der Waals surface area contributed by atoms with Crippen molar-refractivity contribution in [2.75, 3.05) is 0 Å². The number of benzene rings is 6. The maximum absolute atomic E-state index is 5.13. The third kappa shape index (κ3) is 4.18. The van der Waals surface area contributed by atoms with Crippen LogP contribution in [-0.2, 0) is 5.41 Å². The van der Waals surface area contributed by atoms with E-state index in [2.05, 4.69) is 166 Å². The van der Waals surface area contributed by atoms with E-state index in [4.69, 9.17) is 4.98 Å². The largest absolute Gasteiger partial charge is 0.248 e. The second-order valence-corrected chi connectivity index (χ2v) is 13.8. The highest BCUT2D eigenvalue weighted by atomic mass is 32.1. The van der Waals surface area contributed by atoms with Crippen LogP contribution >= 0.6 is 11.3 Å². The molecule has 0 saturated heterocycles. The van der Waals surface area contributed by atoms with Gasteiger partial charge in [0, 0.05) is 42.3 Å². The van der Waals surface area contributed by atoms with E-state index in [1.54, 1.807) is 0 Å². The van der Waals surface area contributed by atoms with Gasteiger partial charge < -0.3 is 0 Å². The molecule has 9 rings (SSSR count). The van der Waals surface area contributed by atoms with Crippen molar-refractivity contribution in [1.29, 1.82) is 0 Å². The molecule has 46 heavy (non-hydrogen) atoms. The molecule has 1 aliphatic rings. The van der Waals surface area contributed by atoms with Gasteiger partial charge in [-0.3, -0.25) is 0 Å². The summed E-state index contributed by atoms with van der Waals surface area (Å²) in [7, 11) is 0.